The van der Waals surface area contributed by atoms with Gasteiger partial charge in [-0.05, 0) is 49.2 Å². The van der Waals surface area contributed by atoms with Crippen molar-refractivity contribution in [1.82, 2.24) is 4.98 Å². The number of rotatable bonds is 5. The lowest BCUT2D eigenvalue weighted by molar-refractivity contribution is 0.102. The van der Waals surface area contributed by atoms with Gasteiger partial charge in [0.25, 0.3) is 5.91 Å². The smallest absolute Gasteiger partial charge is 0.257 e. The van der Waals surface area contributed by atoms with Crippen molar-refractivity contribution in [1.29, 1.82) is 0 Å². The Hall–Kier alpha value is -3.34. The van der Waals surface area contributed by atoms with Gasteiger partial charge in [0.2, 0.25) is 0 Å². The molecule has 1 N–H and O–H groups in total. The van der Waals surface area contributed by atoms with Crippen molar-refractivity contribution >= 4 is 23.1 Å². The van der Waals surface area contributed by atoms with E-state index in [1.54, 1.807) is 6.20 Å². The first kappa shape index (κ1) is 17.1. The lowest BCUT2D eigenvalue weighted by Gasteiger charge is -2.18. The molecule has 1 aromatic heterocycles. The molecule has 0 saturated carbocycles. The molecule has 5 heteroatoms. The summed E-state index contributed by atoms with van der Waals surface area (Å²) in [6.45, 7) is 3.36. The van der Waals surface area contributed by atoms with Crippen LogP contribution in [0.15, 0.2) is 66.9 Å². The van der Waals surface area contributed by atoms with Gasteiger partial charge in [-0.25, -0.2) is 4.98 Å². The number of amides is 1. The molecule has 0 atom stereocenters. The van der Waals surface area contributed by atoms with E-state index in [0.717, 1.165) is 18.8 Å². The SMILES string of the molecule is CCOc1ccccc1NC(=O)c1ccc(N2CCc3ccccc32)nc1. The predicted molar refractivity (Wildman–Crippen MR) is 107 cm³/mol. The molecule has 0 aliphatic carbocycles. The summed E-state index contributed by atoms with van der Waals surface area (Å²) in [6, 6.07) is 19.5. The van der Waals surface area contributed by atoms with Crippen LogP contribution in [0.1, 0.15) is 22.8 Å². The van der Waals surface area contributed by atoms with Crippen LogP contribution in [-0.4, -0.2) is 24.0 Å². The second-order valence-corrected chi connectivity index (χ2v) is 6.32. The maximum atomic E-state index is 12.6. The lowest BCUT2D eigenvalue weighted by atomic mass is 10.2. The second kappa shape index (κ2) is 7.50. The zero-order valence-electron chi connectivity index (χ0n) is 15.2. The maximum Gasteiger partial charge on any atom is 0.257 e. The van der Waals surface area contributed by atoms with Gasteiger partial charge in [0.05, 0.1) is 17.9 Å². The monoisotopic (exact) mass is 359 g/mol. The third-order valence-electron chi connectivity index (χ3n) is 4.61. The van der Waals surface area contributed by atoms with Crippen LogP contribution in [0.4, 0.5) is 17.2 Å². The Labute approximate surface area is 158 Å². The fraction of sp³-hybridized carbons (Fsp3) is 0.182. The number of hydrogen-bond acceptors (Lipinski definition) is 4. The molecule has 0 radical (unpaired) electrons. The highest BCUT2D eigenvalue weighted by Gasteiger charge is 2.21. The number of benzene rings is 2. The molecule has 1 aliphatic rings. The van der Waals surface area contributed by atoms with Crippen molar-refractivity contribution in [2.45, 2.75) is 13.3 Å². The number of hydrogen-bond donors (Lipinski definition) is 1. The van der Waals surface area contributed by atoms with Crippen LogP contribution in [-0.2, 0) is 6.42 Å². The molecule has 27 heavy (non-hydrogen) atoms. The minimum absolute atomic E-state index is 0.206. The molecule has 4 rings (SSSR count). The average Bonchev–Trinajstić information content (AvgIpc) is 3.14. The summed E-state index contributed by atoms with van der Waals surface area (Å²) in [5.74, 6) is 1.31. The molecular formula is C22H21N3O2. The number of fused-ring (bicyclic) bond motifs is 1. The molecule has 0 fully saturated rings. The molecular weight excluding hydrogens is 338 g/mol. The highest BCUT2D eigenvalue weighted by atomic mass is 16.5. The van der Waals surface area contributed by atoms with E-state index in [2.05, 4.69) is 33.4 Å². The topological polar surface area (TPSA) is 54.5 Å². The quantitative estimate of drug-likeness (QED) is 0.732. The molecule has 0 spiro atoms. The van der Waals surface area contributed by atoms with Crippen molar-refractivity contribution in [3.05, 3.63) is 78.0 Å². The van der Waals surface area contributed by atoms with Gasteiger partial charge in [0.1, 0.15) is 11.6 Å². The van der Waals surface area contributed by atoms with Crippen LogP contribution in [0.3, 0.4) is 0 Å². The van der Waals surface area contributed by atoms with E-state index in [4.69, 9.17) is 4.74 Å². The molecule has 5 nitrogen and oxygen atoms in total. The molecule has 2 aromatic carbocycles. The number of carbonyl (C=O) groups excluding carboxylic acids is 1. The molecule has 1 amide bonds. The minimum atomic E-state index is -0.206. The van der Waals surface area contributed by atoms with E-state index < -0.39 is 0 Å². The third kappa shape index (κ3) is 3.49. The largest absolute Gasteiger partial charge is 0.492 e. The first-order chi connectivity index (χ1) is 13.3. The molecule has 136 valence electrons. The number of carbonyl (C=O) groups is 1. The number of nitrogens with zero attached hydrogens (tertiary/aromatic N) is 2. The van der Waals surface area contributed by atoms with Gasteiger partial charge in [-0.3, -0.25) is 4.79 Å². The van der Waals surface area contributed by atoms with Gasteiger partial charge < -0.3 is 15.0 Å². The van der Waals surface area contributed by atoms with E-state index in [9.17, 15) is 4.79 Å². The van der Waals surface area contributed by atoms with Crippen LogP contribution in [0.2, 0.25) is 0 Å². The van der Waals surface area contributed by atoms with Crippen LogP contribution in [0.25, 0.3) is 0 Å². The van der Waals surface area contributed by atoms with Crippen LogP contribution in [0.5, 0.6) is 5.75 Å². The van der Waals surface area contributed by atoms with E-state index >= 15 is 0 Å². The van der Waals surface area contributed by atoms with Gasteiger partial charge in [0.15, 0.2) is 0 Å². The Morgan fingerprint density at radius 2 is 1.93 bits per heavy atom. The lowest BCUT2D eigenvalue weighted by Crippen LogP contribution is -2.16. The number of ether oxygens (including phenoxy) is 1. The highest BCUT2D eigenvalue weighted by molar-refractivity contribution is 6.05. The van der Waals surface area contributed by atoms with Crippen molar-refractivity contribution in [3.8, 4) is 5.75 Å². The standard InChI is InChI=1S/C22H21N3O2/c1-2-27-20-10-6-4-8-18(20)24-22(26)17-11-12-21(23-15-17)25-14-13-16-7-3-5-9-19(16)25/h3-12,15H,2,13-14H2,1H3,(H,24,26). The Bertz CT molecular complexity index is 954. The summed E-state index contributed by atoms with van der Waals surface area (Å²) >= 11 is 0. The third-order valence-corrected chi connectivity index (χ3v) is 4.61. The molecule has 0 unspecified atom stereocenters. The number of aromatic nitrogens is 1. The van der Waals surface area contributed by atoms with E-state index in [1.807, 2.05) is 49.4 Å². The molecule has 0 bridgehead atoms. The van der Waals surface area contributed by atoms with Crippen LogP contribution in [0, 0.1) is 0 Å². The maximum absolute atomic E-state index is 12.6. The summed E-state index contributed by atoms with van der Waals surface area (Å²) in [7, 11) is 0. The minimum Gasteiger partial charge on any atom is -0.492 e. The van der Waals surface area contributed by atoms with Crippen LogP contribution < -0.4 is 15.0 Å². The Morgan fingerprint density at radius 1 is 1.11 bits per heavy atom. The second-order valence-electron chi connectivity index (χ2n) is 6.32. The normalized spacial score (nSPS) is 12.6. The van der Waals surface area contributed by atoms with Crippen molar-refractivity contribution in [3.63, 3.8) is 0 Å². The summed E-state index contributed by atoms with van der Waals surface area (Å²) in [6.07, 6.45) is 2.63. The molecule has 3 aromatic rings. The number of anilines is 3. The van der Waals surface area contributed by atoms with E-state index in [0.29, 0.717) is 23.6 Å². The number of para-hydroxylation sites is 3. The number of pyridine rings is 1. The Kier molecular flexibility index (Phi) is 4.75. The Morgan fingerprint density at radius 3 is 2.74 bits per heavy atom. The summed E-state index contributed by atoms with van der Waals surface area (Å²) in [5.41, 5.74) is 3.68. The average molecular weight is 359 g/mol. The highest BCUT2D eigenvalue weighted by Crippen LogP contribution is 2.33. The molecule has 2 heterocycles. The first-order valence-electron chi connectivity index (χ1n) is 9.11. The summed E-state index contributed by atoms with van der Waals surface area (Å²) < 4.78 is 5.56. The fourth-order valence-electron chi connectivity index (χ4n) is 3.30. The van der Waals surface area contributed by atoms with E-state index in [-0.39, 0.29) is 5.91 Å². The van der Waals surface area contributed by atoms with E-state index in [1.165, 1.54) is 11.3 Å². The first-order valence-corrected chi connectivity index (χ1v) is 9.11. The van der Waals surface area contributed by atoms with Gasteiger partial charge >= 0.3 is 0 Å². The van der Waals surface area contributed by atoms with Gasteiger partial charge in [-0.2, -0.15) is 0 Å². The van der Waals surface area contributed by atoms with Gasteiger partial charge in [-0.15, -0.1) is 0 Å². The van der Waals surface area contributed by atoms with Crippen molar-refractivity contribution in [2.24, 2.45) is 0 Å². The van der Waals surface area contributed by atoms with Crippen LogP contribution >= 0.6 is 0 Å². The van der Waals surface area contributed by atoms with Crippen molar-refractivity contribution in [2.75, 3.05) is 23.4 Å². The molecule has 1 aliphatic heterocycles. The summed E-state index contributed by atoms with van der Waals surface area (Å²) in [5, 5.41) is 2.90. The van der Waals surface area contributed by atoms with Gasteiger partial charge in [0, 0.05) is 18.4 Å². The predicted octanol–water partition coefficient (Wildman–Crippen LogP) is 4.43. The Balaban J connectivity index is 1.51. The number of nitrogens with one attached hydrogen (secondary N) is 1. The zero-order valence-corrected chi connectivity index (χ0v) is 15.2. The van der Waals surface area contributed by atoms with Crippen molar-refractivity contribution < 1.29 is 9.53 Å². The fourth-order valence-corrected chi connectivity index (χ4v) is 3.30. The summed E-state index contributed by atoms with van der Waals surface area (Å²) in [4.78, 5) is 19.3. The van der Waals surface area contributed by atoms with Gasteiger partial charge in [-0.1, -0.05) is 30.3 Å². The molecule has 0 saturated heterocycles. The zero-order chi connectivity index (χ0) is 18.6.